The molecule has 0 spiro atoms. The van der Waals surface area contributed by atoms with Crippen LogP contribution >= 0.6 is 0 Å². The lowest BCUT2D eigenvalue weighted by atomic mass is 10.1. The number of aromatic nitrogens is 2. The Morgan fingerprint density at radius 1 is 1.17 bits per heavy atom. The zero-order valence-corrected chi connectivity index (χ0v) is 12.9. The number of carbonyl (C=O) groups excluding carboxylic acids is 1. The molecule has 4 nitrogen and oxygen atoms in total. The van der Waals surface area contributed by atoms with Gasteiger partial charge in [-0.2, -0.15) is 0 Å². The summed E-state index contributed by atoms with van der Waals surface area (Å²) in [7, 11) is 0. The number of benzene rings is 2. The predicted molar refractivity (Wildman–Crippen MR) is 87.4 cm³/mol. The summed E-state index contributed by atoms with van der Waals surface area (Å²) >= 11 is 0. The van der Waals surface area contributed by atoms with E-state index < -0.39 is 0 Å². The molecule has 2 N–H and O–H groups in total. The summed E-state index contributed by atoms with van der Waals surface area (Å²) in [5.74, 6) is 0.592. The number of halogens is 1. The van der Waals surface area contributed by atoms with E-state index in [1.807, 2.05) is 25.1 Å². The smallest absolute Gasteiger partial charge is 0.220 e. The molecule has 23 heavy (non-hydrogen) atoms. The van der Waals surface area contributed by atoms with E-state index in [4.69, 9.17) is 0 Å². The Hall–Kier alpha value is -2.69. The molecule has 0 saturated heterocycles. The number of imidazole rings is 1. The molecular formula is C18H18FN3O. The number of hydrogen-bond acceptors (Lipinski definition) is 2. The molecule has 0 radical (unpaired) electrons. The second-order valence-corrected chi connectivity index (χ2v) is 5.58. The first-order chi connectivity index (χ1) is 11.1. The third kappa shape index (κ3) is 3.94. The van der Waals surface area contributed by atoms with Gasteiger partial charge < -0.3 is 10.3 Å². The van der Waals surface area contributed by atoms with Crippen LogP contribution < -0.4 is 5.32 Å². The number of aromatic amines is 1. The zero-order valence-electron chi connectivity index (χ0n) is 12.9. The van der Waals surface area contributed by atoms with E-state index >= 15 is 0 Å². The minimum atomic E-state index is -0.274. The van der Waals surface area contributed by atoms with Gasteiger partial charge in [-0.05, 0) is 48.7 Å². The monoisotopic (exact) mass is 311 g/mol. The van der Waals surface area contributed by atoms with Gasteiger partial charge in [0.05, 0.1) is 11.0 Å². The standard InChI is InChI=1S/C18H18FN3O/c1-12-21-16-8-4-13(10-17(16)22-12)5-9-18(23)20-11-14-2-6-15(19)7-3-14/h2-4,6-8,10H,5,9,11H2,1H3,(H,20,23)(H,21,22). The minimum Gasteiger partial charge on any atom is -0.352 e. The maximum absolute atomic E-state index is 12.8. The lowest BCUT2D eigenvalue weighted by molar-refractivity contribution is -0.121. The molecule has 0 aliphatic carbocycles. The maximum Gasteiger partial charge on any atom is 0.220 e. The van der Waals surface area contributed by atoms with E-state index in [-0.39, 0.29) is 11.7 Å². The molecule has 1 heterocycles. The van der Waals surface area contributed by atoms with Gasteiger partial charge in [-0.1, -0.05) is 18.2 Å². The molecule has 3 aromatic rings. The third-order valence-corrected chi connectivity index (χ3v) is 3.71. The van der Waals surface area contributed by atoms with Crippen LogP contribution in [0.15, 0.2) is 42.5 Å². The molecule has 0 saturated carbocycles. The lowest BCUT2D eigenvalue weighted by Crippen LogP contribution is -2.22. The van der Waals surface area contributed by atoms with Crippen molar-refractivity contribution in [2.24, 2.45) is 0 Å². The number of amides is 1. The fraction of sp³-hybridized carbons (Fsp3) is 0.222. The molecule has 0 atom stereocenters. The first-order valence-corrected chi connectivity index (χ1v) is 7.56. The Balaban J connectivity index is 1.52. The molecule has 0 aliphatic rings. The molecule has 5 heteroatoms. The number of nitrogens with zero attached hydrogens (tertiary/aromatic N) is 1. The summed E-state index contributed by atoms with van der Waals surface area (Å²) in [5, 5.41) is 2.85. The van der Waals surface area contributed by atoms with Crippen LogP contribution in [0.5, 0.6) is 0 Å². The molecule has 0 bridgehead atoms. The van der Waals surface area contributed by atoms with Gasteiger partial charge in [0, 0.05) is 13.0 Å². The normalized spacial score (nSPS) is 10.9. The second-order valence-electron chi connectivity index (χ2n) is 5.58. The van der Waals surface area contributed by atoms with Gasteiger partial charge in [0.2, 0.25) is 5.91 Å². The van der Waals surface area contributed by atoms with Crippen LogP contribution in [-0.2, 0) is 17.8 Å². The molecule has 2 aromatic carbocycles. The van der Waals surface area contributed by atoms with Gasteiger partial charge >= 0.3 is 0 Å². The van der Waals surface area contributed by atoms with Crippen molar-refractivity contribution >= 4 is 16.9 Å². The molecular weight excluding hydrogens is 293 g/mol. The van der Waals surface area contributed by atoms with E-state index in [2.05, 4.69) is 15.3 Å². The summed E-state index contributed by atoms with van der Waals surface area (Å²) in [4.78, 5) is 19.5. The largest absolute Gasteiger partial charge is 0.352 e. The van der Waals surface area contributed by atoms with Crippen molar-refractivity contribution in [1.29, 1.82) is 0 Å². The summed E-state index contributed by atoms with van der Waals surface area (Å²) in [6, 6.07) is 12.1. The molecule has 0 aliphatic heterocycles. The van der Waals surface area contributed by atoms with Gasteiger partial charge in [-0.15, -0.1) is 0 Å². The Labute approximate surface area is 133 Å². The Morgan fingerprint density at radius 2 is 1.91 bits per heavy atom. The zero-order chi connectivity index (χ0) is 16.2. The van der Waals surface area contributed by atoms with Crippen molar-refractivity contribution in [3.8, 4) is 0 Å². The van der Waals surface area contributed by atoms with Crippen molar-refractivity contribution in [1.82, 2.24) is 15.3 Å². The van der Waals surface area contributed by atoms with E-state index in [0.717, 1.165) is 28.0 Å². The summed E-state index contributed by atoms with van der Waals surface area (Å²) in [6.45, 7) is 2.33. The van der Waals surface area contributed by atoms with Gasteiger partial charge in [-0.3, -0.25) is 4.79 Å². The molecule has 1 aromatic heterocycles. The first-order valence-electron chi connectivity index (χ1n) is 7.56. The first kappa shape index (κ1) is 15.2. The number of rotatable bonds is 5. The summed E-state index contributed by atoms with van der Waals surface area (Å²) in [5.41, 5.74) is 3.91. The highest BCUT2D eigenvalue weighted by atomic mass is 19.1. The Bertz CT molecular complexity index is 824. The van der Waals surface area contributed by atoms with Crippen LogP contribution in [0.2, 0.25) is 0 Å². The summed E-state index contributed by atoms with van der Waals surface area (Å²) in [6.07, 6.45) is 1.09. The minimum absolute atomic E-state index is 0.0183. The number of nitrogens with one attached hydrogen (secondary N) is 2. The quantitative estimate of drug-likeness (QED) is 0.760. The second kappa shape index (κ2) is 6.60. The highest BCUT2D eigenvalue weighted by Gasteiger charge is 2.05. The van der Waals surface area contributed by atoms with Crippen molar-refractivity contribution in [3.63, 3.8) is 0 Å². The average molecular weight is 311 g/mol. The average Bonchev–Trinajstić information content (AvgIpc) is 2.91. The highest BCUT2D eigenvalue weighted by Crippen LogP contribution is 2.14. The van der Waals surface area contributed by atoms with Crippen LogP contribution in [0.25, 0.3) is 11.0 Å². The van der Waals surface area contributed by atoms with Gasteiger partial charge in [0.15, 0.2) is 0 Å². The van der Waals surface area contributed by atoms with Crippen molar-refractivity contribution in [2.75, 3.05) is 0 Å². The molecule has 118 valence electrons. The number of hydrogen-bond donors (Lipinski definition) is 2. The van der Waals surface area contributed by atoms with Crippen LogP contribution in [0.1, 0.15) is 23.4 Å². The van der Waals surface area contributed by atoms with Crippen molar-refractivity contribution < 1.29 is 9.18 Å². The molecule has 3 rings (SSSR count). The number of carbonyl (C=O) groups is 1. The van der Waals surface area contributed by atoms with Crippen LogP contribution in [0.3, 0.4) is 0 Å². The third-order valence-electron chi connectivity index (χ3n) is 3.71. The SMILES string of the molecule is Cc1nc2ccc(CCC(=O)NCc3ccc(F)cc3)cc2[nH]1. The van der Waals surface area contributed by atoms with Crippen LogP contribution in [-0.4, -0.2) is 15.9 Å². The summed E-state index contributed by atoms with van der Waals surface area (Å²) < 4.78 is 12.8. The predicted octanol–water partition coefficient (Wildman–Crippen LogP) is 3.26. The number of fused-ring (bicyclic) bond motifs is 1. The topological polar surface area (TPSA) is 57.8 Å². The van der Waals surface area contributed by atoms with Crippen molar-refractivity contribution in [2.45, 2.75) is 26.3 Å². The Kier molecular flexibility index (Phi) is 4.37. The van der Waals surface area contributed by atoms with E-state index in [1.165, 1.54) is 12.1 Å². The Morgan fingerprint density at radius 3 is 2.70 bits per heavy atom. The fourth-order valence-corrected chi connectivity index (χ4v) is 2.49. The van der Waals surface area contributed by atoms with Crippen LogP contribution in [0.4, 0.5) is 4.39 Å². The molecule has 0 unspecified atom stereocenters. The van der Waals surface area contributed by atoms with Gasteiger partial charge in [0.25, 0.3) is 0 Å². The van der Waals surface area contributed by atoms with Crippen LogP contribution in [0, 0.1) is 12.7 Å². The van der Waals surface area contributed by atoms with Crippen molar-refractivity contribution in [3.05, 3.63) is 65.2 Å². The molecule has 0 fully saturated rings. The maximum atomic E-state index is 12.8. The lowest BCUT2D eigenvalue weighted by Gasteiger charge is -2.06. The fourth-order valence-electron chi connectivity index (χ4n) is 2.49. The highest BCUT2D eigenvalue weighted by molar-refractivity contribution is 5.78. The molecule has 1 amide bonds. The van der Waals surface area contributed by atoms with E-state index in [1.54, 1.807) is 12.1 Å². The number of H-pyrrole nitrogens is 1. The van der Waals surface area contributed by atoms with E-state index in [0.29, 0.717) is 19.4 Å². The van der Waals surface area contributed by atoms with Gasteiger partial charge in [-0.25, -0.2) is 9.37 Å². The van der Waals surface area contributed by atoms with E-state index in [9.17, 15) is 9.18 Å². The number of aryl methyl sites for hydroxylation is 2. The van der Waals surface area contributed by atoms with Gasteiger partial charge in [0.1, 0.15) is 11.6 Å².